The third kappa shape index (κ3) is 5.19. The number of hydrogen-bond donors (Lipinski definition) is 1. The monoisotopic (exact) mass is 436 g/mol. The first-order valence-corrected chi connectivity index (χ1v) is 11.2. The molecule has 164 valence electrons. The van der Waals surface area contributed by atoms with Gasteiger partial charge in [-0.1, -0.05) is 0 Å². The minimum Gasteiger partial charge on any atom is -0.466 e. The number of nitrogens with zero attached hydrogens (tertiary/aromatic N) is 1. The first-order chi connectivity index (χ1) is 14.3. The van der Waals surface area contributed by atoms with Gasteiger partial charge in [0.05, 0.1) is 18.1 Å². The Morgan fingerprint density at radius 2 is 1.70 bits per heavy atom. The zero-order valence-electron chi connectivity index (χ0n) is 17.6. The predicted molar refractivity (Wildman–Crippen MR) is 111 cm³/mol. The molecule has 1 aliphatic carbocycles. The van der Waals surface area contributed by atoms with Crippen LogP contribution in [0.1, 0.15) is 53.4 Å². The Morgan fingerprint density at radius 3 is 2.30 bits per heavy atom. The van der Waals surface area contributed by atoms with Gasteiger partial charge in [-0.3, -0.25) is 14.4 Å². The highest BCUT2D eigenvalue weighted by molar-refractivity contribution is 7.16. The number of amides is 2. The van der Waals surface area contributed by atoms with Crippen molar-refractivity contribution in [1.29, 1.82) is 0 Å². The maximum absolute atomic E-state index is 12.7. The van der Waals surface area contributed by atoms with Gasteiger partial charge >= 0.3 is 11.9 Å². The first-order valence-electron chi connectivity index (χ1n) is 10.3. The van der Waals surface area contributed by atoms with Gasteiger partial charge in [0.2, 0.25) is 5.91 Å². The molecule has 0 radical (unpaired) electrons. The van der Waals surface area contributed by atoms with E-state index >= 15 is 0 Å². The summed E-state index contributed by atoms with van der Waals surface area (Å²) in [6.45, 7) is 6.29. The van der Waals surface area contributed by atoms with Crippen LogP contribution in [0.3, 0.4) is 0 Å². The fraction of sp³-hybridized carbons (Fsp3) is 0.619. The van der Waals surface area contributed by atoms with E-state index in [1.807, 2.05) is 6.92 Å². The van der Waals surface area contributed by atoms with Crippen LogP contribution in [-0.4, -0.2) is 55.0 Å². The number of ether oxygens (including phenoxy) is 2. The molecule has 3 rings (SSSR count). The van der Waals surface area contributed by atoms with Crippen molar-refractivity contribution in [3.63, 3.8) is 0 Å². The van der Waals surface area contributed by atoms with E-state index in [4.69, 9.17) is 9.47 Å². The molecule has 0 spiro atoms. The zero-order chi connectivity index (χ0) is 21.8. The summed E-state index contributed by atoms with van der Waals surface area (Å²) in [5, 5.41) is 3.31. The SMILES string of the molecule is CCOC(=O)C1CCN(C(=O)COC(=O)c2c(NC(=O)C3CC3)sc(C)c2C)CC1. The molecule has 2 amide bonds. The number of thiophene rings is 1. The molecule has 30 heavy (non-hydrogen) atoms. The summed E-state index contributed by atoms with van der Waals surface area (Å²) in [4.78, 5) is 51.6. The average molecular weight is 437 g/mol. The van der Waals surface area contributed by atoms with Crippen molar-refractivity contribution in [3.8, 4) is 0 Å². The number of anilines is 1. The van der Waals surface area contributed by atoms with Crippen molar-refractivity contribution in [2.75, 3.05) is 31.6 Å². The van der Waals surface area contributed by atoms with Gasteiger partial charge in [-0.05, 0) is 52.0 Å². The maximum Gasteiger partial charge on any atom is 0.341 e. The summed E-state index contributed by atoms with van der Waals surface area (Å²) >= 11 is 1.34. The highest BCUT2D eigenvalue weighted by Crippen LogP contribution is 2.36. The van der Waals surface area contributed by atoms with Gasteiger partial charge < -0.3 is 19.7 Å². The number of carbonyl (C=O) groups is 4. The van der Waals surface area contributed by atoms with Crippen molar-refractivity contribution >= 4 is 40.1 Å². The van der Waals surface area contributed by atoms with Crippen LogP contribution in [0.4, 0.5) is 5.00 Å². The summed E-state index contributed by atoms with van der Waals surface area (Å²) in [6.07, 6.45) is 2.82. The molecule has 1 aromatic heterocycles. The summed E-state index contributed by atoms with van der Waals surface area (Å²) in [7, 11) is 0. The minimum absolute atomic E-state index is 0.0238. The molecule has 1 aromatic rings. The average Bonchev–Trinajstić information content (AvgIpc) is 3.53. The third-order valence-electron chi connectivity index (χ3n) is 5.57. The second-order valence-electron chi connectivity index (χ2n) is 7.73. The number of esters is 2. The highest BCUT2D eigenvalue weighted by atomic mass is 32.1. The first kappa shape index (κ1) is 22.3. The molecule has 1 aliphatic heterocycles. The van der Waals surface area contributed by atoms with Crippen molar-refractivity contribution in [2.24, 2.45) is 11.8 Å². The van der Waals surface area contributed by atoms with E-state index in [2.05, 4.69) is 5.32 Å². The molecule has 0 atom stereocenters. The summed E-state index contributed by atoms with van der Waals surface area (Å²) in [5.74, 6) is -1.37. The summed E-state index contributed by atoms with van der Waals surface area (Å²) in [6, 6.07) is 0. The smallest absolute Gasteiger partial charge is 0.341 e. The van der Waals surface area contributed by atoms with Crippen LogP contribution in [-0.2, 0) is 23.9 Å². The van der Waals surface area contributed by atoms with Crippen molar-refractivity contribution in [1.82, 2.24) is 4.90 Å². The van der Waals surface area contributed by atoms with Crippen molar-refractivity contribution < 1.29 is 28.7 Å². The Morgan fingerprint density at radius 1 is 1.03 bits per heavy atom. The van der Waals surface area contributed by atoms with Crippen LogP contribution >= 0.6 is 11.3 Å². The predicted octanol–water partition coefficient (Wildman–Crippen LogP) is 2.67. The lowest BCUT2D eigenvalue weighted by molar-refractivity contribution is -0.151. The van der Waals surface area contributed by atoms with Gasteiger partial charge in [-0.2, -0.15) is 0 Å². The second-order valence-corrected chi connectivity index (χ2v) is 8.96. The molecule has 1 N–H and O–H groups in total. The van der Waals surface area contributed by atoms with Crippen LogP contribution < -0.4 is 5.32 Å². The Balaban J connectivity index is 1.54. The third-order valence-corrected chi connectivity index (χ3v) is 6.69. The molecule has 2 fully saturated rings. The standard InChI is InChI=1S/C21H28N2O6S/c1-4-28-20(26)15-7-9-23(10-8-15)16(24)11-29-21(27)17-12(2)13(3)30-19(17)22-18(25)14-5-6-14/h14-15H,4-11H2,1-3H3,(H,22,25). The van der Waals surface area contributed by atoms with E-state index in [-0.39, 0.29) is 36.2 Å². The fourth-order valence-electron chi connectivity index (χ4n) is 3.44. The van der Waals surface area contributed by atoms with E-state index in [0.717, 1.165) is 23.3 Å². The van der Waals surface area contributed by atoms with Gasteiger partial charge in [0.1, 0.15) is 5.00 Å². The lowest BCUT2D eigenvalue weighted by Gasteiger charge is -2.30. The number of aryl methyl sites for hydroxylation is 1. The van der Waals surface area contributed by atoms with Gasteiger partial charge in [-0.15, -0.1) is 11.3 Å². The molecule has 1 saturated heterocycles. The number of piperidine rings is 1. The van der Waals surface area contributed by atoms with E-state index in [0.29, 0.717) is 43.1 Å². The van der Waals surface area contributed by atoms with Crippen LogP contribution in [0.25, 0.3) is 0 Å². The van der Waals surface area contributed by atoms with E-state index < -0.39 is 5.97 Å². The van der Waals surface area contributed by atoms with E-state index in [9.17, 15) is 19.2 Å². The molecule has 2 heterocycles. The zero-order valence-corrected chi connectivity index (χ0v) is 18.4. The quantitative estimate of drug-likeness (QED) is 0.660. The topological polar surface area (TPSA) is 102 Å². The summed E-state index contributed by atoms with van der Waals surface area (Å²) < 4.78 is 10.3. The van der Waals surface area contributed by atoms with Crippen LogP contribution in [0.5, 0.6) is 0 Å². The largest absolute Gasteiger partial charge is 0.466 e. The molecule has 1 saturated carbocycles. The van der Waals surface area contributed by atoms with Crippen LogP contribution in [0, 0.1) is 25.7 Å². The Kier molecular flexibility index (Phi) is 7.12. The van der Waals surface area contributed by atoms with Gasteiger partial charge in [-0.25, -0.2) is 4.79 Å². The van der Waals surface area contributed by atoms with Gasteiger partial charge in [0.25, 0.3) is 5.91 Å². The lowest BCUT2D eigenvalue weighted by Crippen LogP contribution is -2.42. The number of likely N-dealkylation sites (tertiary alicyclic amines) is 1. The number of hydrogen-bond acceptors (Lipinski definition) is 7. The highest BCUT2D eigenvalue weighted by Gasteiger charge is 2.32. The summed E-state index contributed by atoms with van der Waals surface area (Å²) in [5.41, 5.74) is 1.07. The lowest BCUT2D eigenvalue weighted by atomic mass is 9.97. The number of rotatable bonds is 7. The molecule has 8 nitrogen and oxygen atoms in total. The van der Waals surface area contributed by atoms with Gasteiger partial charge in [0.15, 0.2) is 6.61 Å². The molecule has 9 heteroatoms. The molecular weight excluding hydrogens is 408 g/mol. The van der Waals surface area contributed by atoms with Crippen LogP contribution in [0.2, 0.25) is 0 Å². The Labute approximate surface area is 179 Å². The van der Waals surface area contributed by atoms with Crippen LogP contribution in [0.15, 0.2) is 0 Å². The molecular formula is C21H28N2O6S. The second kappa shape index (κ2) is 9.59. The Bertz CT molecular complexity index is 837. The normalized spacial score (nSPS) is 16.8. The van der Waals surface area contributed by atoms with E-state index in [1.54, 1.807) is 18.7 Å². The van der Waals surface area contributed by atoms with E-state index in [1.165, 1.54) is 11.3 Å². The number of nitrogens with one attached hydrogen (secondary N) is 1. The van der Waals surface area contributed by atoms with Gasteiger partial charge in [0, 0.05) is 23.9 Å². The van der Waals surface area contributed by atoms with Crippen molar-refractivity contribution in [2.45, 2.75) is 46.5 Å². The molecule has 0 unspecified atom stereocenters. The number of carbonyl (C=O) groups excluding carboxylic acids is 4. The maximum atomic E-state index is 12.7. The minimum atomic E-state index is -0.613. The fourth-order valence-corrected chi connectivity index (χ4v) is 4.49. The molecule has 2 aliphatic rings. The molecule has 0 bridgehead atoms. The molecule has 0 aromatic carbocycles. The Hall–Kier alpha value is -2.42. The van der Waals surface area contributed by atoms with Crippen molar-refractivity contribution in [3.05, 3.63) is 16.0 Å².